The molecule has 0 saturated carbocycles. The van der Waals surface area contributed by atoms with E-state index in [9.17, 15) is 30.8 Å². The van der Waals surface area contributed by atoms with E-state index in [-0.39, 0.29) is 30.1 Å². The summed E-state index contributed by atoms with van der Waals surface area (Å²) in [6.45, 7) is -1.56. The predicted molar refractivity (Wildman–Crippen MR) is 75.7 cm³/mol. The molecule has 1 aromatic rings. The summed E-state index contributed by atoms with van der Waals surface area (Å²) < 4.78 is 76.6. The van der Waals surface area contributed by atoms with Crippen molar-refractivity contribution in [3.05, 3.63) is 29.6 Å². The summed E-state index contributed by atoms with van der Waals surface area (Å²) in [4.78, 5) is 11.4. The summed E-state index contributed by atoms with van der Waals surface area (Å²) >= 11 is 0. The molecule has 0 aromatic heterocycles. The molecule has 1 amide bonds. The van der Waals surface area contributed by atoms with Gasteiger partial charge in [0.2, 0.25) is 10.0 Å². The van der Waals surface area contributed by atoms with Crippen molar-refractivity contribution < 1.29 is 30.8 Å². The SMILES string of the molecule is NCc1ccc(F)cc1S(=O)(=O)N1CCN(C(=O)C(F)(F)F)CC1. The van der Waals surface area contributed by atoms with Gasteiger partial charge in [-0.3, -0.25) is 4.79 Å². The fourth-order valence-corrected chi connectivity index (χ4v) is 4.05. The summed E-state index contributed by atoms with van der Waals surface area (Å²) in [5.41, 5.74) is 5.65. The highest BCUT2D eigenvalue weighted by atomic mass is 32.2. The van der Waals surface area contributed by atoms with Gasteiger partial charge < -0.3 is 10.6 Å². The number of nitrogens with two attached hydrogens (primary N) is 1. The fourth-order valence-electron chi connectivity index (χ4n) is 2.39. The Kier molecular flexibility index (Phi) is 5.16. The molecule has 0 bridgehead atoms. The van der Waals surface area contributed by atoms with Gasteiger partial charge in [0.05, 0.1) is 4.90 Å². The van der Waals surface area contributed by atoms with Gasteiger partial charge in [0.15, 0.2) is 0 Å². The lowest BCUT2D eigenvalue weighted by molar-refractivity contribution is -0.186. The van der Waals surface area contributed by atoms with Crippen molar-refractivity contribution in [3.63, 3.8) is 0 Å². The van der Waals surface area contributed by atoms with Crippen LogP contribution in [0.4, 0.5) is 17.6 Å². The second kappa shape index (κ2) is 6.65. The Bertz CT molecular complexity index is 728. The quantitative estimate of drug-likeness (QED) is 0.795. The first-order chi connectivity index (χ1) is 11.1. The molecule has 1 fully saturated rings. The Balaban J connectivity index is 2.19. The van der Waals surface area contributed by atoms with Crippen LogP contribution < -0.4 is 5.73 Å². The summed E-state index contributed by atoms with van der Waals surface area (Å²) in [6, 6.07) is 3.14. The van der Waals surface area contributed by atoms with Crippen LogP contribution in [-0.4, -0.2) is 55.9 Å². The molecule has 134 valence electrons. The third kappa shape index (κ3) is 3.68. The minimum Gasteiger partial charge on any atom is -0.332 e. The number of benzene rings is 1. The number of halogens is 4. The predicted octanol–water partition coefficient (Wildman–Crippen LogP) is 0.680. The molecular formula is C13H15F4N3O3S. The van der Waals surface area contributed by atoms with Crippen LogP contribution in [0.2, 0.25) is 0 Å². The van der Waals surface area contributed by atoms with Crippen molar-refractivity contribution in [1.82, 2.24) is 9.21 Å². The molecule has 2 rings (SSSR count). The molecule has 1 heterocycles. The maximum Gasteiger partial charge on any atom is 0.471 e. The fraction of sp³-hybridized carbons (Fsp3) is 0.462. The molecular weight excluding hydrogens is 354 g/mol. The van der Waals surface area contributed by atoms with Crippen molar-refractivity contribution >= 4 is 15.9 Å². The van der Waals surface area contributed by atoms with Crippen LogP contribution in [-0.2, 0) is 21.4 Å². The van der Waals surface area contributed by atoms with Gasteiger partial charge in [-0.15, -0.1) is 0 Å². The van der Waals surface area contributed by atoms with Gasteiger partial charge in [-0.1, -0.05) is 6.07 Å². The van der Waals surface area contributed by atoms with E-state index in [0.717, 1.165) is 16.4 Å². The minimum absolute atomic E-state index is 0.138. The van der Waals surface area contributed by atoms with Gasteiger partial charge in [-0.25, -0.2) is 12.8 Å². The zero-order valence-corrected chi connectivity index (χ0v) is 13.2. The molecule has 1 aliphatic heterocycles. The molecule has 1 aromatic carbocycles. The number of alkyl halides is 3. The Labute approximate surface area is 135 Å². The second-order valence-corrected chi connectivity index (χ2v) is 7.06. The standard InChI is InChI=1S/C13H15F4N3O3S/c14-10-2-1-9(8-18)11(7-10)24(22,23)20-5-3-19(4-6-20)12(21)13(15,16)17/h1-2,7H,3-6,8,18H2. The van der Waals surface area contributed by atoms with Gasteiger partial charge in [0.25, 0.3) is 0 Å². The second-order valence-electron chi connectivity index (χ2n) is 5.15. The summed E-state index contributed by atoms with van der Waals surface area (Å²) in [5, 5.41) is 0. The van der Waals surface area contributed by atoms with Gasteiger partial charge in [0.1, 0.15) is 5.82 Å². The van der Waals surface area contributed by atoms with Crippen molar-refractivity contribution in [1.29, 1.82) is 0 Å². The summed E-state index contributed by atoms with van der Waals surface area (Å²) in [5.74, 6) is -2.77. The van der Waals surface area contributed by atoms with E-state index in [1.807, 2.05) is 0 Å². The molecule has 0 atom stereocenters. The molecule has 1 saturated heterocycles. The lowest BCUT2D eigenvalue weighted by atomic mass is 10.2. The number of rotatable bonds is 3. The zero-order chi connectivity index (χ0) is 18.1. The van der Waals surface area contributed by atoms with E-state index in [1.165, 1.54) is 6.07 Å². The minimum atomic E-state index is -5.00. The van der Waals surface area contributed by atoms with Crippen molar-refractivity contribution in [2.75, 3.05) is 26.2 Å². The number of hydrogen-bond acceptors (Lipinski definition) is 4. The van der Waals surface area contributed by atoms with Crippen LogP contribution in [0.1, 0.15) is 5.56 Å². The number of nitrogens with zero attached hydrogens (tertiary/aromatic N) is 2. The molecule has 0 radical (unpaired) electrons. The lowest BCUT2D eigenvalue weighted by Crippen LogP contribution is -2.53. The smallest absolute Gasteiger partial charge is 0.332 e. The summed E-state index contributed by atoms with van der Waals surface area (Å²) in [7, 11) is -4.12. The Morgan fingerprint density at radius 2 is 1.75 bits per heavy atom. The first-order valence-corrected chi connectivity index (χ1v) is 8.36. The number of carbonyl (C=O) groups is 1. The van der Waals surface area contributed by atoms with Crippen LogP contribution in [0.3, 0.4) is 0 Å². The van der Waals surface area contributed by atoms with Crippen LogP contribution in [0, 0.1) is 5.82 Å². The molecule has 0 aliphatic carbocycles. The molecule has 11 heteroatoms. The topological polar surface area (TPSA) is 83.7 Å². The number of carbonyl (C=O) groups excluding carboxylic acids is 1. The highest BCUT2D eigenvalue weighted by Crippen LogP contribution is 2.24. The third-order valence-electron chi connectivity index (χ3n) is 3.64. The maximum absolute atomic E-state index is 13.4. The molecule has 2 N–H and O–H groups in total. The average molecular weight is 369 g/mol. The molecule has 0 spiro atoms. The lowest BCUT2D eigenvalue weighted by Gasteiger charge is -2.34. The number of amides is 1. The average Bonchev–Trinajstić information content (AvgIpc) is 2.53. The monoisotopic (exact) mass is 369 g/mol. The van der Waals surface area contributed by atoms with E-state index in [4.69, 9.17) is 5.73 Å². The highest BCUT2D eigenvalue weighted by molar-refractivity contribution is 7.89. The van der Waals surface area contributed by atoms with Crippen LogP contribution in [0.15, 0.2) is 23.1 Å². The molecule has 24 heavy (non-hydrogen) atoms. The Morgan fingerprint density at radius 1 is 1.17 bits per heavy atom. The zero-order valence-electron chi connectivity index (χ0n) is 12.4. The number of piperazine rings is 1. The van der Waals surface area contributed by atoms with E-state index < -0.39 is 41.0 Å². The molecule has 0 unspecified atom stereocenters. The first-order valence-electron chi connectivity index (χ1n) is 6.92. The van der Waals surface area contributed by atoms with E-state index in [1.54, 1.807) is 0 Å². The molecule has 1 aliphatic rings. The van der Waals surface area contributed by atoms with Crippen LogP contribution in [0.5, 0.6) is 0 Å². The van der Waals surface area contributed by atoms with Gasteiger partial charge in [0, 0.05) is 32.7 Å². The largest absolute Gasteiger partial charge is 0.471 e. The maximum atomic E-state index is 13.4. The summed E-state index contributed by atoms with van der Waals surface area (Å²) in [6.07, 6.45) is -5.00. The number of hydrogen-bond donors (Lipinski definition) is 1. The Hall–Kier alpha value is -1.72. The van der Waals surface area contributed by atoms with Gasteiger partial charge >= 0.3 is 12.1 Å². The van der Waals surface area contributed by atoms with Gasteiger partial charge in [-0.2, -0.15) is 17.5 Å². The van der Waals surface area contributed by atoms with Crippen LogP contribution in [0.25, 0.3) is 0 Å². The highest BCUT2D eigenvalue weighted by Gasteiger charge is 2.44. The first kappa shape index (κ1) is 18.6. The Morgan fingerprint density at radius 3 is 2.25 bits per heavy atom. The number of sulfonamides is 1. The van der Waals surface area contributed by atoms with Crippen molar-refractivity contribution in [2.24, 2.45) is 5.73 Å². The van der Waals surface area contributed by atoms with Crippen molar-refractivity contribution in [3.8, 4) is 0 Å². The van der Waals surface area contributed by atoms with E-state index in [2.05, 4.69) is 0 Å². The van der Waals surface area contributed by atoms with Crippen molar-refractivity contribution in [2.45, 2.75) is 17.6 Å². The molecule has 6 nitrogen and oxygen atoms in total. The van der Waals surface area contributed by atoms with Gasteiger partial charge in [-0.05, 0) is 17.7 Å². The van der Waals surface area contributed by atoms with Crippen LogP contribution >= 0.6 is 0 Å². The third-order valence-corrected chi connectivity index (χ3v) is 5.62. The normalized spacial score (nSPS) is 17.1. The van der Waals surface area contributed by atoms with E-state index >= 15 is 0 Å². The van der Waals surface area contributed by atoms with E-state index in [0.29, 0.717) is 4.90 Å².